The number of anilines is 3. The summed E-state index contributed by atoms with van der Waals surface area (Å²) in [5.74, 6) is 0. The number of hydrogen-bond acceptors (Lipinski definition) is 2. The van der Waals surface area contributed by atoms with Gasteiger partial charge in [0.2, 0.25) is 0 Å². The van der Waals surface area contributed by atoms with Crippen LogP contribution in [-0.2, 0) is 5.41 Å². The molecule has 0 radical (unpaired) electrons. The Hall–Kier alpha value is -8.30. The molecule has 12 aromatic rings. The van der Waals surface area contributed by atoms with Gasteiger partial charge in [-0.3, -0.25) is 0 Å². The van der Waals surface area contributed by atoms with Crippen molar-refractivity contribution in [1.29, 1.82) is 0 Å². The van der Waals surface area contributed by atoms with Gasteiger partial charge in [0.15, 0.2) is 0 Å². The molecule has 1 nitrogen and oxygen atoms in total. The maximum absolute atomic E-state index is 2.50. The smallest absolute Gasteiger partial charge is 0.0720 e. The highest BCUT2D eigenvalue weighted by atomic mass is 32.1. The lowest BCUT2D eigenvalue weighted by Gasteiger charge is -2.35. The van der Waals surface area contributed by atoms with Gasteiger partial charge in [0, 0.05) is 37.2 Å². The summed E-state index contributed by atoms with van der Waals surface area (Å²) < 4.78 is 2.64. The minimum Gasteiger partial charge on any atom is -0.310 e. The van der Waals surface area contributed by atoms with Crippen LogP contribution in [0.5, 0.6) is 0 Å². The average Bonchev–Trinajstić information content (AvgIpc) is 3.94. The predicted octanol–water partition coefficient (Wildman–Crippen LogP) is 18.0. The van der Waals surface area contributed by atoms with E-state index < -0.39 is 5.41 Å². The van der Waals surface area contributed by atoms with Gasteiger partial charge in [-0.25, -0.2) is 0 Å². The third-order valence-corrected chi connectivity index (χ3v) is 15.2. The van der Waals surface area contributed by atoms with E-state index in [0.29, 0.717) is 0 Å². The van der Waals surface area contributed by atoms with E-state index in [4.69, 9.17) is 0 Å². The standard InChI is InChI=1S/C65H43NS/c1-5-18-44(19-6-1)45-32-36-51(37-33-45)66(52-38-34-47(35-39-52)55-29-17-30-57-56-28-15-16-31-61(56)67-64(55)57)53-40-41-58-60(43-53)65(49-23-9-3-10-24-49,50-25-11-4-12-26-50)63-54-27-14-13-22-48(54)42-59(62(58)63)46-20-7-2-8-21-46/h1-43H. The molecule has 0 saturated heterocycles. The normalized spacial score (nSPS) is 12.6. The molecule has 0 atom stereocenters. The zero-order valence-corrected chi connectivity index (χ0v) is 37.5. The molecule has 11 aromatic carbocycles. The van der Waals surface area contributed by atoms with E-state index in [1.807, 2.05) is 11.3 Å². The van der Waals surface area contributed by atoms with Gasteiger partial charge in [0.25, 0.3) is 0 Å². The summed E-state index contributed by atoms with van der Waals surface area (Å²) in [6.07, 6.45) is 0. The van der Waals surface area contributed by atoms with Crippen molar-refractivity contribution in [2.75, 3.05) is 4.90 Å². The van der Waals surface area contributed by atoms with Crippen LogP contribution in [0.2, 0.25) is 0 Å². The first kappa shape index (κ1) is 39.1. The van der Waals surface area contributed by atoms with Crippen molar-refractivity contribution >= 4 is 59.3 Å². The van der Waals surface area contributed by atoms with Gasteiger partial charge in [-0.2, -0.15) is 0 Å². The summed E-state index contributed by atoms with van der Waals surface area (Å²) in [6.45, 7) is 0. The SMILES string of the molecule is c1ccc(-c2ccc(N(c3ccc(-c4cccc5c4sc4ccccc45)cc3)c3ccc4c(c3)C(c3ccccc3)(c3ccccc3)c3c-4c(-c4ccccc4)cc4ccccc34)cc2)cc1. The molecular weight excluding hydrogens is 827 g/mol. The van der Waals surface area contributed by atoms with Crippen molar-refractivity contribution in [3.05, 3.63) is 283 Å². The summed E-state index contributed by atoms with van der Waals surface area (Å²) in [5, 5.41) is 5.12. The summed E-state index contributed by atoms with van der Waals surface area (Å²) in [4.78, 5) is 2.44. The summed E-state index contributed by atoms with van der Waals surface area (Å²) in [5.41, 5.74) is 17.6. The highest BCUT2D eigenvalue weighted by Gasteiger charge is 2.48. The molecule has 0 fully saturated rings. The predicted molar refractivity (Wildman–Crippen MR) is 285 cm³/mol. The van der Waals surface area contributed by atoms with E-state index in [1.165, 1.54) is 97.7 Å². The molecule has 1 heterocycles. The fraction of sp³-hybridized carbons (Fsp3) is 0.0154. The van der Waals surface area contributed by atoms with Crippen LogP contribution in [-0.4, -0.2) is 0 Å². The van der Waals surface area contributed by atoms with Crippen LogP contribution in [0.15, 0.2) is 261 Å². The van der Waals surface area contributed by atoms with Crippen molar-refractivity contribution in [1.82, 2.24) is 0 Å². The Morgan fingerprint density at radius 1 is 0.328 bits per heavy atom. The first-order chi connectivity index (χ1) is 33.2. The fourth-order valence-corrected chi connectivity index (χ4v) is 12.2. The zero-order valence-electron chi connectivity index (χ0n) is 36.7. The molecule has 314 valence electrons. The largest absolute Gasteiger partial charge is 0.310 e. The van der Waals surface area contributed by atoms with E-state index in [9.17, 15) is 0 Å². The topological polar surface area (TPSA) is 3.24 Å². The number of benzene rings is 11. The molecular formula is C65H43NS. The monoisotopic (exact) mass is 869 g/mol. The van der Waals surface area contributed by atoms with Crippen LogP contribution in [0.4, 0.5) is 17.1 Å². The molecule has 2 heteroatoms. The summed E-state index contributed by atoms with van der Waals surface area (Å²) in [6, 6.07) is 96.4. The Balaban J connectivity index is 1.06. The second-order valence-electron chi connectivity index (χ2n) is 17.5. The molecule has 0 unspecified atom stereocenters. The third-order valence-electron chi connectivity index (χ3n) is 13.9. The van der Waals surface area contributed by atoms with Crippen LogP contribution in [0, 0.1) is 0 Å². The lowest BCUT2D eigenvalue weighted by molar-refractivity contribution is 0.775. The van der Waals surface area contributed by atoms with Crippen molar-refractivity contribution in [3.63, 3.8) is 0 Å². The Bertz CT molecular complexity index is 3720. The molecule has 1 aromatic heterocycles. The second kappa shape index (κ2) is 16.0. The molecule has 13 rings (SSSR count). The maximum atomic E-state index is 2.50. The lowest BCUT2D eigenvalue weighted by Crippen LogP contribution is -2.29. The van der Waals surface area contributed by atoms with E-state index in [1.54, 1.807) is 0 Å². The molecule has 0 aliphatic heterocycles. The highest BCUT2D eigenvalue weighted by molar-refractivity contribution is 7.26. The Labute approximate surface area is 395 Å². The molecule has 1 aliphatic carbocycles. The van der Waals surface area contributed by atoms with Crippen molar-refractivity contribution in [2.24, 2.45) is 0 Å². The van der Waals surface area contributed by atoms with E-state index in [2.05, 4.69) is 266 Å². The van der Waals surface area contributed by atoms with Crippen LogP contribution in [0.3, 0.4) is 0 Å². The summed E-state index contributed by atoms with van der Waals surface area (Å²) in [7, 11) is 0. The van der Waals surface area contributed by atoms with Gasteiger partial charge >= 0.3 is 0 Å². The quantitative estimate of drug-likeness (QED) is 0.147. The van der Waals surface area contributed by atoms with Crippen molar-refractivity contribution in [2.45, 2.75) is 5.41 Å². The molecule has 0 saturated carbocycles. The van der Waals surface area contributed by atoms with E-state index in [0.717, 1.165) is 17.1 Å². The van der Waals surface area contributed by atoms with Crippen LogP contribution in [0.1, 0.15) is 22.3 Å². The van der Waals surface area contributed by atoms with Crippen molar-refractivity contribution < 1.29 is 0 Å². The number of rotatable bonds is 8. The zero-order chi connectivity index (χ0) is 44.3. The average molecular weight is 870 g/mol. The van der Waals surface area contributed by atoms with Crippen LogP contribution in [0.25, 0.3) is 75.5 Å². The Morgan fingerprint density at radius 3 is 1.51 bits per heavy atom. The second-order valence-corrected chi connectivity index (χ2v) is 18.6. The van der Waals surface area contributed by atoms with Crippen LogP contribution < -0.4 is 4.90 Å². The van der Waals surface area contributed by atoms with Gasteiger partial charge < -0.3 is 4.90 Å². The number of fused-ring (bicyclic) bond motifs is 8. The molecule has 0 amide bonds. The van der Waals surface area contributed by atoms with Gasteiger partial charge in [0.1, 0.15) is 0 Å². The van der Waals surface area contributed by atoms with Crippen molar-refractivity contribution in [3.8, 4) is 44.5 Å². The number of nitrogens with zero attached hydrogens (tertiary/aromatic N) is 1. The number of hydrogen-bond donors (Lipinski definition) is 0. The Morgan fingerprint density at radius 2 is 0.836 bits per heavy atom. The molecule has 0 spiro atoms. The van der Waals surface area contributed by atoms with Gasteiger partial charge in [-0.15, -0.1) is 11.3 Å². The number of thiophene rings is 1. The van der Waals surface area contributed by atoms with E-state index >= 15 is 0 Å². The van der Waals surface area contributed by atoms with E-state index in [-0.39, 0.29) is 0 Å². The molecule has 1 aliphatic rings. The minimum atomic E-state index is -0.636. The third kappa shape index (κ3) is 6.29. The van der Waals surface area contributed by atoms with Gasteiger partial charge in [-0.1, -0.05) is 212 Å². The lowest BCUT2D eigenvalue weighted by atomic mass is 9.66. The maximum Gasteiger partial charge on any atom is 0.0720 e. The Kier molecular flexibility index (Phi) is 9.33. The van der Waals surface area contributed by atoms with Gasteiger partial charge in [-0.05, 0) is 126 Å². The summed E-state index contributed by atoms with van der Waals surface area (Å²) >= 11 is 1.88. The van der Waals surface area contributed by atoms with Crippen LogP contribution >= 0.6 is 11.3 Å². The first-order valence-corrected chi connectivity index (χ1v) is 23.9. The van der Waals surface area contributed by atoms with Gasteiger partial charge in [0.05, 0.1) is 5.41 Å². The minimum absolute atomic E-state index is 0.636. The molecule has 0 bridgehead atoms. The molecule has 67 heavy (non-hydrogen) atoms. The first-order valence-electron chi connectivity index (χ1n) is 23.1. The highest BCUT2D eigenvalue weighted by Crippen LogP contribution is 2.61. The fourth-order valence-electron chi connectivity index (χ4n) is 11.0. The molecule has 0 N–H and O–H groups in total.